The highest BCUT2D eigenvalue weighted by atomic mass is 19.2. The zero-order valence-electron chi connectivity index (χ0n) is 10.5. The van der Waals surface area contributed by atoms with Gasteiger partial charge in [-0.15, -0.1) is 0 Å². The minimum Gasteiger partial charge on any atom is -0.366 e. The van der Waals surface area contributed by atoms with E-state index in [4.69, 9.17) is 5.73 Å². The molecular weight excluding hydrogens is 252 g/mol. The van der Waals surface area contributed by atoms with Crippen LogP contribution >= 0.6 is 0 Å². The molecule has 4 N–H and O–H groups in total. The summed E-state index contributed by atoms with van der Waals surface area (Å²) in [5.74, 6) is -3.14. The summed E-state index contributed by atoms with van der Waals surface area (Å²) in [7, 11) is 0. The Morgan fingerprint density at radius 1 is 1.32 bits per heavy atom. The fourth-order valence-corrected chi connectivity index (χ4v) is 2.20. The number of nitrogens with two attached hydrogens (primary N) is 1. The van der Waals surface area contributed by atoms with Gasteiger partial charge in [-0.1, -0.05) is 6.07 Å². The summed E-state index contributed by atoms with van der Waals surface area (Å²) in [6.45, 7) is 2.09. The Labute approximate surface area is 110 Å². The first kappa shape index (κ1) is 13.9. The summed E-state index contributed by atoms with van der Waals surface area (Å²) >= 11 is 0. The monoisotopic (exact) mass is 269 g/mol. The summed E-state index contributed by atoms with van der Waals surface area (Å²) < 4.78 is 27.3. The second-order valence-electron chi connectivity index (χ2n) is 4.67. The van der Waals surface area contributed by atoms with Gasteiger partial charge >= 0.3 is 0 Å². The predicted molar refractivity (Wildman–Crippen MR) is 67.6 cm³/mol. The summed E-state index contributed by atoms with van der Waals surface area (Å²) in [5.41, 5.74) is 4.75. The minimum absolute atomic E-state index is 0.209. The second-order valence-corrected chi connectivity index (χ2v) is 4.67. The van der Waals surface area contributed by atoms with E-state index in [1.165, 1.54) is 12.1 Å². The molecule has 1 aliphatic rings. The first-order valence-corrected chi connectivity index (χ1v) is 6.30. The van der Waals surface area contributed by atoms with Gasteiger partial charge in [-0.2, -0.15) is 0 Å². The number of carbonyl (C=O) groups excluding carboxylic acids is 1. The maximum atomic E-state index is 13.7. The highest BCUT2D eigenvalue weighted by Crippen LogP contribution is 2.16. The van der Waals surface area contributed by atoms with Crippen LogP contribution in [0.3, 0.4) is 0 Å². The zero-order chi connectivity index (χ0) is 13.8. The van der Waals surface area contributed by atoms with Crippen LogP contribution in [0.1, 0.15) is 28.8 Å². The first-order valence-electron chi connectivity index (χ1n) is 6.30. The predicted octanol–water partition coefficient (Wildman–Crippen LogP) is 0.905. The molecule has 0 aromatic heterocycles. The summed E-state index contributed by atoms with van der Waals surface area (Å²) in [5, 5.41) is 6.42. The second kappa shape index (κ2) is 6.08. The quantitative estimate of drug-likeness (QED) is 0.761. The summed E-state index contributed by atoms with van der Waals surface area (Å²) in [6, 6.07) is 2.92. The van der Waals surface area contributed by atoms with E-state index in [-0.39, 0.29) is 12.1 Å². The van der Waals surface area contributed by atoms with Crippen LogP contribution in [-0.2, 0) is 6.54 Å². The molecular formula is C13H17F2N3O. The number of benzene rings is 1. The van der Waals surface area contributed by atoms with Crippen LogP contribution in [0.25, 0.3) is 0 Å². The molecule has 1 aromatic carbocycles. The van der Waals surface area contributed by atoms with Crippen LogP contribution in [0.15, 0.2) is 12.1 Å². The highest BCUT2D eigenvalue weighted by Gasteiger charge is 2.18. The third kappa shape index (κ3) is 3.27. The average Bonchev–Trinajstić information content (AvgIpc) is 2.41. The topological polar surface area (TPSA) is 67.2 Å². The molecule has 104 valence electrons. The van der Waals surface area contributed by atoms with Gasteiger partial charge < -0.3 is 16.4 Å². The molecule has 1 aromatic rings. The number of primary amides is 1. The van der Waals surface area contributed by atoms with Crippen LogP contribution in [0.2, 0.25) is 0 Å². The molecule has 4 nitrogen and oxygen atoms in total. The molecule has 1 saturated heterocycles. The van der Waals surface area contributed by atoms with Crippen LogP contribution < -0.4 is 16.4 Å². The van der Waals surface area contributed by atoms with E-state index in [0.717, 1.165) is 25.9 Å². The Hall–Kier alpha value is -1.53. The summed E-state index contributed by atoms with van der Waals surface area (Å²) in [4.78, 5) is 10.9. The van der Waals surface area contributed by atoms with Crippen LogP contribution in [-0.4, -0.2) is 25.0 Å². The minimum atomic E-state index is -1.17. The van der Waals surface area contributed by atoms with Gasteiger partial charge in [-0.05, 0) is 32.0 Å². The lowest BCUT2D eigenvalue weighted by molar-refractivity contribution is 0.0995. The van der Waals surface area contributed by atoms with E-state index in [0.29, 0.717) is 6.04 Å². The van der Waals surface area contributed by atoms with Crippen LogP contribution in [0.5, 0.6) is 0 Å². The molecule has 0 spiro atoms. The molecule has 1 aliphatic heterocycles. The number of carbonyl (C=O) groups is 1. The lowest BCUT2D eigenvalue weighted by Gasteiger charge is -2.24. The van der Waals surface area contributed by atoms with Crippen molar-refractivity contribution in [2.45, 2.75) is 25.4 Å². The zero-order valence-corrected chi connectivity index (χ0v) is 10.5. The molecule has 0 atom stereocenters. The van der Waals surface area contributed by atoms with Crippen molar-refractivity contribution in [3.05, 3.63) is 34.9 Å². The standard InChI is InChI=1S/C13H17F2N3O/c14-11-8(1-2-10(12(11)15)13(16)19)7-18-9-3-5-17-6-4-9/h1-2,9,17-18H,3-7H2,(H2,16,19). The van der Waals surface area contributed by atoms with Gasteiger partial charge in [-0.25, -0.2) is 8.78 Å². The van der Waals surface area contributed by atoms with Gasteiger partial charge in [0.15, 0.2) is 11.6 Å². The van der Waals surface area contributed by atoms with Gasteiger partial charge in [0.25, 0.3) is 5.91 Å². The number of piperidine rings is 1. The number of amides is 1. The van der Waals surface area contributed by atoms with E-state index in [2.05, 4.69) is 10.6 Å². The molecule has 19 heavy (non-hydrogen) atoms. The van der Waals surface area contributed by atoms with Crippen molar-refractivity contribution in [3.8, 4) is 0 Å². The number of nitrogens with one attached hydrogen (secondary N) is 2. The van der Waals surface area contributed by atoms with Gasteiger partial charge in [0.1, 0.15) is 0 Å². The fraction of sp³-hybridized carbons (Fsp3) is 0.462. The Morgan fingerprint density at radius 2 is 2.00 bits per heavy atom. The van der Waals surface area contributed by atoms with Crippen LogP contribution in [0, 0.1) is 11.6 Å². The molecule has 0 unspecified atom stereocenters. The van der Waals surface area contributed by atoms with E-state index in [1.807, 2.05) is 0 Å². The van der Waals surface area contributed by atoms with E-state index in [9.17, 15) is 13.6 Å². The molecule has 0 bridgehead atoms. The third-order valence-electron chi connectivity index (χ3n) is 3.35. The molecule has 1 fully saturated rings. The van der Waals surface area contributed by atoms with Crippen molar-refractivity contribution >= 4 is 5.91 Å². The maximum absolute atomic E-state index is 13.7. The largest absolute Gasteiger partial charge is 0.366 e. The molecule has 0 radical (unpaired) electrons. The molecule has 2 rings (SSSR count). The Morgan fingerprint density at radius 3 is 2.63 bits per heavy atom. The van der Waals surface area contributed by atoms with Gasteiger partial charge in [-0.3, -0.25) is 4.79 Å². The lowest BCUT2D eigenvalue weighted by Crippen LogP contribution is -2.39. The molecule has 0 aliphatic carbocycles. The molecule has 6 heteroatoms. The smallest absolute Gasteiger partial charge is 0.251 e. The third-order valence-corrected chi connectivity index (χ3v) is 3.35. The van der Waals surface area contributed by atoms with E-state index < -0.39 is 23.1 Å². The van der Waals surface area contributed by atoms with Crippen molar-refractivity contribution in [3.63, 3.8) is 0 Å². The normalized spacial score (nSPS) is 16.5. The van der Waals surface area contributed by atoms with Crippen molar-refractivity contribution in [1.82, 2.24) is 10.6 Å². The van der Waals surface area contributed by atoms with Gasteiger partial charge in [0.2, 0.25) is 0 Å². The highest BCUT2D eigenvalue weighted by molar-refractivity contribution is 5.93. The van der Waals surface area contributed by atoms with Crippen molar-refractivity contribution in [2.75, 3.05) is 13.1 Å². The molecule has 1 heterocycles. The first-order chi connectivity index (χ1) is 9.09. The summed E-state index contributed by atoms with van der Waals surface area (Å²) in [6.07, 6.45) is 1.92. The number of rotatable bonds is 4. The molecule has 0 saturated carbocycles. The van der Waals surface area contributed by atoms with E-state index in [1.54, 1.807) is 0 Å². The van der Waals surface area contributed by atoms with Crippen molar-refractivity contribution < 1.29 is 13.6 Å². The number of halogens is 2. The lowest BCUT2D eigenvalue weighted by atomic mass is 10.1. The fourth-order valence-electron chi connectivity index (χ4n) is 2.20. The van der Waals surface area contributed by atoms with Crippen molar-refractivity contribution in [1.29, 1.82) is 0 Å². The van der Waals surface area contributed by atoms with Gasteiger partial charge in [0, 0.05) is 18.2 Å². The number of hydrogen-bond acceptors (Lipinski definition) is 3. The van der Waals surface area contributed by atoms with Gasteiger partial charge in [0.05, 0.1) is 5.56 Å². The SMILES string of the molecule is NC(=O)c1ccc(CNC2CCNCC2)c(F)c1F. The maximum Gasteiger partial charge on any atom is 0.251 e. The Bertz CT molecular complexity index is 473. The van der Waals surface area contributed by atoms with E-state index >= 15 is 0 Å². The Balaban J connectivity index is 2.04. The van der Waals surface area contributed by atoms with Crippen LogP contribution in [0.4, 0.5) is 8.78 Å². The number of hydrogen-bond donors (Lipinski definition) is 3. The molecule has 1 amide bonds. The average molecular weight is 269 g/mol. The van der Waals surface area contributed by atoms with Crippen molar-refractivity contribution in [2.24, 2.45) is 5.73 Å². The Kier molecular flexibility index (Phi) is 4.44.